The average molecular weight is 301 g/mol. The highest BCUT2D eigenvalue weighted by Crippen LogP contribution is 2.15. The Morgan fingerprint density at radius 2 is 1.90 bits per heavy atom. The van der Waals surface area contributed by atoms with Gasteiger partial charge in [0.05, 0.1) is 6.61 Å². The van der Waals surface area contributed by atoms with Crippen LogP contribution in [-0.4, -0.2) is 25.2 Å². The Bertz CT molecular complexity index is 572. The van der Waals surface area contributed by atoms with Gasteiger partial charge in [-0.1, -0.05) is 54.7 Å². The highest BCUT2D eigenvalue weighted by molar-refractivity contribution is 7.80. The van der Waals surface area contributed by atoms with Crippen molar-refractivity contribution in [2.45, 2.75) is 6.61 Å². The standard InChI is InChI=1S/C17H19NO2S/c1-19-11-10-18-17(21)15-8-5-9-16(12-15)20-13-14-6-3-2-4-7-14/h2-9,12H,10-11,13H2,1H3,(H,18,21). The highest BCUT2D eigenvalue weighted by atomic mass is 32.1. The molecule has 0 aliphatic rings. The van der Waals surface area contributed by atoms with E-state index in [-0.39, 0.29) is 0 Å². The molecule has 2 aromatic carbocycles. The summed E-state index contributed by atoms with van der Waals surface area (Å²) in [5.41, 5.74) is 2.09. The second kappa shape index (κ2) is 8.39. The molecule has 0 radical (unpaired) electrons. The Kier molecular flexibility index (Phi) is 6.19. The predicted molar refractivity (Wildman–Crippen MR) is 88.8 cm³/mol. The molecule has 0 heterocycles. The van der Waals surface area contributed by atoms with Crippen LogP contribution in [0, 0.1) is 0 Å². The Labute approximate surface area is 130 Å². The number of ether oxygens (including phenoxy) is 2. The van der Waals surface area contributed by atoms with Crippen LogP contribution in [0.15, 0.2) is 54.6 Å². The van der Waals surface area contributed by atoms with E-state index in [9.17, 15) is 0 Å². The minimum atomic E-state index is 0.550. The Hall–Kier alpha value is -1.91. The molecule has 4 heteroatoms. The molecule has 0 saturated carbocycles. The van der Waals surface area contributed by atoms with E-state index in [0.717, 1.165) is 16.9 Å². The lowest BCUT2D eigenvalue weighted by molar-refractivity contribution is 0.204. The van der Waals surface area contributed by atoms with Gasteiger partial charge in [-0.15, -0.1) is 0 Å². The summed E-state index contributed by atoms with van der Waals surface area (Å²) >= 11 is 5.35. The molecule has 0 unspecified atom stereocenters. The van der Waals surface area contributed by atoms with Crippen LogP contribution >= 0.6 is 12.2 Å². The van der Waals surface area contributed by atoms with Crippen LogP contribution in [0.2, 0.25) is 0 Å². The van der Waals surface area contributed by atoms with Gasteiger partial charge in [0.1, 0.15) is 17.3 Å². The number of nitrogens with one attached hydrogen (secondary N) is 1. The zero-order chi connectivity index (χ0) is 14.9. The summed E-state index contributed by atoms with van der Waals surface area (Å²) in [6.45, 7) is 1.88. The molecule has 0 spiro atoms. The fraction of sp³-hybridized carbons (Fsp3) is 0.235. The van der Waals surface area contributed by atoms with Crippen molar-refractivity contribution in [3.63, 3.8) is 0 Å². The van der Waals surface area contributed by atoms with Gasteiger partial charge in [-0.05, 0) is 17.7 Å². The lowest BCUT2D eigenvalue weighted by Gasteiger charge is -2.10. The van der Waals surface area contributed by atoms with E-state index in [2.05, 4.69) is 5.32 Å². The van der Waals surface area contributed by atoms with Crippen LogP contribution in [0.25, 0.3) is 0 Å². The summed E-state index contributed by atoms with van der Waals surface area (Å²) in [7, 11) is 1.67. The number of rotatable bonds is 7. The van der Waals surface area contributed by atoms with Gasteiger partial charge in [-0.2, -0.15) is 0 Å². The van der Waals surface area contributed by atoms with E-state index in [0.29, 0.717) is 24.7 Å². The summed E-state index contributed by atoms with van der Waals surface area (Å²) in [6.07, 6.45) is 0. The summed E-state index contributed by atoms with van der Waals surface area (Å²) in [5, 5.41) is 3.15. The summed E-state index contributed by atoms with van der Waals surface area (Å²) in [5.74, 6) is 0.812. The van der Waals surface area contributed by atoms with Gasteiger partial charge in [-0.3, -0.25) is 0 Å². The third kappa shape index (κ3) is 5.17. The van der Waals surface area contributed by atoms with Crippen molar-refractivity contribution in [3.8, 4) is 5.75 Å². The molecule has 0 bridgehead atoms. The molecule has 0 atom stereocenters. The van der Waals surface area contributed by atoms with Gasteiger partial charge in [-0.25, -0.2) is 0 Å². The maximum Gasteiger partial charge on any atom is 0.120 e. The fourth-order valence-electron chi connectivity index (χ4n) is 1.84. The molecule has 0 amide bonds. The van der Waals surface area contributed by atoms with Crippen molar-refractivity contribution in [2.75, 3.05) is 20.3 Å². The molecule has 0 aliphatic heterocycles. The van der Waals surface area contributed by atoms with Crippen LogP contribution in [0.3, 0.4) is 0 Å². The molecule has 3 nitrogen and oxygen atoms in total. The summed E-state index contributed by atoms with van der Waals surface area (Å²) in [6, 6.07) is 17.9. The molecular weight excluding hydrogens is 282 g/mol. The van der Waals surface area contributed by atoms with Crippen LogP contribution in [-0.2, 0) is 11.3 Å². The van der Waals surface area contributed by atoms with Gasteiger partial charge < -0.3 is 14.8 Å². The van der Waals surface area contributed by atoms with Crippen molar-refractivity contribution < 1.29 is 9.47 Å². The normalized spacial score (nSPS) is 10.1. The number of thiocarbonyl (C=S) groups is 1. The quantitative estimate of drug-likeness (QED) is 0.628. The van der Waals surface area contributed by atoms with Crippen molar-refractivity contribution in [1.29, 1.82) is 0 Å². The number of methoxy groups -OCH3 is 1. The second-order valence-corrected chi connectivity index (χ2v) is 4.96. The monoisotopic (exact) mass is 301 g/mol. The minimum absolute atomic E-state index is 0.550. The first-order valence-corrected chi connectivity index (χ1v) is 7.24. The van der Waals surface area contributed by atoms with Gasteiger partial charge in [0, 0.05) is 19.2 Å². The van der Waals surface area contributed by atoms with Crippen molar-refractivity contribution >= 4 is 17.2 Å². The van der Waals surface area contributed by atoms with Gasteiger partial charge in [0.25, 0.3) is 0 Å². The zero-order valence-electron chi connectivity index (χ0n) is 12.0. The Morgan fingerprint density at radius 1 is 1.10 bits per heavy atom. The summed E-state index contributed by atoms with van der Waals surface area (Å²) in [4.78, 5) is 0.706. The molecule has 0 fully saturated rings. The van der Waals surface area contributed by atoms with Gasteiger partial charge >= 0.3 is 0 Å². The fourth-order valence-corrected chi connectivity index (χ4v) is 2.07. The van der Waals surface area contributed by atoms with E-state index in [4.69, 9.17) is 21.7 Å². The number of hydrogen-bond acceptors (Lipinski definition) is 3. The molecule has 0 aliphatic carbocycles. The Balaban J connectivity index is 1.92. The first-order valence-electron chi connectivity index (χ1n) is 6.83. The summed E-state index contributed by atoms with van der Waals surface area (Å²) < 4.78 is 10.8. The lowest BCUT2D eigenvalue weighted by atomic mass is 10.2. The van der Waals surface area contributed by atoms with Crippen molar-refractivity contribution in [1.82, 2.24) is 5.32 Å². The zero-order valence-corrected chi connectivity index (χ0v) is 12.9. The van der Waals surface area contributed by atoms with E-state index >= 15 is 0 Å². The average Bonchev–Trinajstić information content (AvgIpc) is 2.54. The number of hydrogen-bond donors (Lipinski definition) is 1. The lowest BCUT2D eigenvalue weighted by Crippen LogP contribution is -2.25. The maximum absolute atomic E-state index is 5.80. The topological polar surface area (TPSA) is 30.5 Å². The molecule has 2 aromatic rings. The first-order chi connectivity index (χ1) is 10.3. The number of benzene rings is 2. The second-order valence-electron chi connectivity index (χ2n) is 4.55. The molecule has 21 heavy (non-hydrogen) atoms. The smallest absolute Gasteiger partial charge is 0.120 e. The van der Waals surface area contributed by atoms with E-state index in [1.807, 2.05) is 54.6 Å². The molecular formula is C17H19NO2S. The first kappa shape index (κ1) is 15.5. The minimum Gasteiger partial charge on any atom is -0.489 e. The predicted octanol–water partition coefficient (Wildman–Crippen LogP) is 3.18. The van der Waals surface area contributed by atoms with Gasteiger partial charge in [0.15, 0.2) is 0 Å². The van der Waals surface area contributed by atoms with Crippen LogP contribution < -0.4 is 10.1 Å². The third-order valence-electron chi connectivity index (χ3n) is 2.94. The maximum atomic E-state index is 5.80. The SMILES string of the molecule is COCCNC(=S)c1cccc(OCc2ccccc2)c1. The van der Waals surface area contributed by atoms with Crippen molar-refractivity contribution in [3.05, 3.63) is 65.7 Å². The van der Waals surface area contributed by atoms with Crippen LogP contribution in [0.1, 0.15) is 11.1 Å². The highest BCUT2D eigenvalue weighted by Gasteiger charge is 2.03. The third-order valence-corrected chi connectivity index (χ3v) is 3.32. The van der Waals surface area contributed by atoms with Crippen LogP contribution in [0.4, 0.5) is 0 Å². The van der Waals surface area contributed by atoms with Crippen LogP contribution in [0.5, 0.6) is 5.75 Å². The molecule has 1 N–H and O–H groups in total. The Morgan fingerprint density at radius 3 is 2.67 bits per heavy atom. The van der Waals surface area contributed by atoms with Gasteiger partial charge in [0.2, 0.25) is 0 Å². The van der Waals surface area contributed by atoms with E-state index in [1.165, 1.54) is 0 Å². The molecule has 2 rings (SSSR count). The molecule has 110 valence electrons. The molecule has 0 saturated heterocycles. The largest absolute Gasteiger partial charge is 0.489 e. The van der Waals surface area contributed by atoms with E-state index < -0.39 is 0 Å². The van der Waals surface area contributed by atoms with E-state index in [1.54, 1.807) is 7.11 Å². The molecule has 0 aromatic heterocycles. The van der Waals surface area contributed by atoms with Crippen molar-refractivity contribution in [2.24, 2.45) is 0 Å².